The minimum atomic E-state index is -0.794. The van der Waals surface area contributed by atoms with Crippen LogP contribution in [0.5, 0.6) is 0 Å². The van der Waals surface area contributed by atoms with E-state index in [-0.39, 0.29) is 18.7 Å². The summed E-state index contributed by atoms with van der Waals surface area (Å²) in [5.41, 5.74) is 4.21. The van der Waals surface area contributed by atoms with E-state index in [1.54, 1.807) is 13.8 Å². The highest BCUT2D eigenvalue weighted by molar-refractivity contribution is 6.19. The van der Waals surface area contributed by atoms with Crippen LogP contribution in [0, 0.1) is 0 Å². The zero-order valence-electron chi connectivity index (χ0n) is 9.30. The van der Waals surface area contributed by atoms with Crippen LogP contribution in [-0.4, -0.2) is 29.3 Å². The van der Waals surface area contributed by atoms with Crippen LogP contribution in [0.15, 0.2) is 0 Å². The van der Waals surface area contributed by atoms with Gasteiger partial charge < -0.3 is 11.1 Å². The van der Waals surface area contributed by atoms with E-state index in [1.165, 1.54) is 0 Å². The van der Waals surface area contributed by atoms with E-state index in [0.717, 1.165) is 0 Å². The molecule has 0 spiro atoms. The number of imide groups is 1. The number of carbonyl (C=O) groups is 3. The second kappa shape index (κ2) is 6.32. The molecule has 0 radical (unpaired) electrons. The van der Waals surface area contributed by atoms with Gasteiger partial charge in [0.15, 0.2) is 0 Å². The Morgan fingerprint density at radius 2 is 1.88 bits per heavy atom. The van der Waals surface area contributed by atoms with E-state index in [0.29, 0.717) is 0 Å². The molecule has 0 unspecified atom stereocenters. The summed E-state index contributed by atoms with van der Waals surface area (Å²) in [6.07, 6.45) is 0.0509. The smallest absolute Gasteiger partial charge is 0.321 e. The molecule has 6 nitrogen and oxygen atoms in total. The molecular formula is C9H16ClN3O3. The highest BCUT2D eigenvalue weighted by Crippen LogP contribution is 2.06. The first kappa shape index (κ1) is 14.7. The molecule has 16 heavy (non-hydrogen) atoms. The Morgan fingerprint density at radius 1 is 1.31 bits per heavy atom. The van der Waals surface area contributed by atoms with Crippen molar-refractivity contribution in [3.8, 4) is 0 Å². The van der Waals surface area contributed by atoms with Crippen molar-refractivity contribution in [3.05, 3.63) is 0 Å². The molecule has 4 amide bonds. The Morgan fingerprint density at radius 3 is 2.31 bits per heavy atom. The van der Waals surface area contributed by atoms with Gasteiger partial charge in [0.05, 0.1) is 0 Å². The van der Waals surface area contributed by atoms with Crippen molar-refractivity contribution in [1.29, 1.82) is 0 Å². The van der Waals surface area contributed by atoms with Crippen LogP contribution >= 0.6 is 11.6 Å². The average molecular weight is 250 g/mol. The van der Waals surface area contributed by atoms with Gasteiger partial charge in [-0.1, -0.05) is 0 Å². The first-order chi connectivity index (χ1) is 7.26. The largest absolute Gasteiger partial charge is 0.370 e. The predicted molar refractivity (Wildman–Crippen MR) is 59.9 cm³/mol. The molecule has 0 atom stereocenters. The standard InChI is InChI=1S/C9H16ClN3O3/c1-9(2,5-6(11)14)13-8(16)12-7(15)3-4-10/h3-5H2,1-2H3,(H2,11,14)(H2,12,13,15,16). The third kappa shape index (κ3) is 7.05. The van der Waals surface area contributed by atoms with Crippen molar-refractivity contribution in [2.75, 3.05) is 5.88 Å². The van der Waals surface area contributed by atoms with E-state index >= 15 is 0 Å². The molecule has 92 valence electrons. The third-order valence-corrected chi connectivity index (χ3v) is 1.83. The number of primary amides is 1. The van der Waals surface area contributed by atoms with E-state index in [1.807, 2.05) is 0 Å². The normalized spacial score (nSPS) is 10.7. The Balaban J connectivity index is 4.13. The van der Waals surface area contributed by atoms with E-state index in [4.69, 9.17) is 17.3 Å². The van der Waals surface area contributed by atoms with E-state index in [9.17, 15) is 14.4 Å². The van der Waals surface area contributed by atoms with Crippen LogP contribution < -0.4 is 16.4 Å². The number of amides is 4. The molecule has 7 heteroatoms. The van der Waals surface area contributed by atoms with Crippen molar-refractivity contribution in [1.82, 2.24) is 10.6 Å². The van der Waals surface area contributed by atoms with Crippen LogP contribution in [0.1, 0.15) is 26.7 Å². The first-order valence-electron chi connectivity index (χ1n) is 4.73. The first-order valence-corrected chi connectivity index (χ1v) is 5.26. The number of nitrogens with one attached hydrogen (secondary N) is 2. The summed E-state index contributed by atoms with van der Waals surface area (Å²) >= 11 is 5.33. The lowest BCUT2D eigenvalue weighted by Gasteiger charge is -2.24. The molecule has 0 bridgehead atoms. The zero-order valence-corrected chi connectivity index (χ0v) is 10.1. The maximum Gasteiger partial charge on any atom is 0.321 e. The topological polar surface area (TPSA) is 101 Å². The minimum absolute atomic E-state index is 0.00980. The zero-order chi connectivity index (χ0) is 12.8. The van der Waals surface area contributed by atoms with Gasteiger partial charge in [0.2, 0.25) is 11.8 Å². The fraction of sp³-hybridized carbons (Fsp3) is 0.667. The summed E-state index contributed by atoms with van der Waals surface area (Å²) in [6, 6.07) is -0.665. The van der Waals surface area contributed by atoms with Crippen molar-refractivity contribution in [3.63, 3.8) is 0 Å². The lowest BCUT2D eigenvalue weighted by atomic mass is 10.0. The van der Waals surface area contributed by atoms with Gasteiger partial charge in [0.25, 0.3) is 0 Å². The van der Waals surface area contributed by atoms with Crippen LogP contribution in [0.4, 0.5) is 4.79 Å². The fourth-order valence-electron chi connectivity index (χ4n) is 1.09. The number of urea groups is 1. The number of hydrogen-bond donors (Lipinski definition) is 3. The quantitative estimate of drug-likeness (QED) is 0.602. The summed E-state index contributed by atoms with van der Waals surface area (Å²) < 4.78 is 0. The number of hydrogen-bond acceptors (Lipinski definition) is 3. The average Bonchev–Trinajstić information content (AvgIpc) is 1.98. The maximum absolute atomic E-state index is 11.3. The fourth-order valence-corrected chi connectivity index (χ4v) is 1.26. The molecule has 4 N–H and O–H groups in total. The van der Waals surface area contributed by atoms with Gasteiger partial charge in [-0.25, -0.2) is 4.79 Å². The van der Waals surface area contributed by atoms with Crippen molar-refractivity contribution in [2.45, 2.75) is 32.2 Å². The molecule has 0 aliphatic rings. The molecule has 0 aromatic heterocycles. The highest BCUT2D eigenvalue weighted by Gasteiger charge is 2.23. The third-order valence-electron chi connectivity index (χ3n) is 1.64. The Labute approximate surface area is 98.9 Å². The van der Waals surface area contributed by atoms with Gasteiger partial charge in [-0.05, 0) is 13.8 Å². The van der Waals surface area contributed by atoms with Crippen molar-refractivity contribution >= 4 is 29.4 Å². The second-order valence-corrected chi connectivity index (χ2v) is 4.35. The van der Waals surface area contributed by atoms with E-state index < -0.39 is 23.4 Å². The number of halogens is 1. The molecule has 0 aromatic rings. The number of rotatable bonds is 5. The van der Waals surface area contributed by atoms with Gasteiger partial charge in [-0.2, -0.15) is 0 Å². The molecule has 0 saturated carbocycles. The molecule has 0 saturated heterocycles. The van der Waals surface area contributed by atoms with Gasteiger partial charge in [-0.3, -0.25) is 14.9 Å². The Bertz CT molecular complexity index is 292. The summed E-state index contributed by atoms with van der Waals surface area (Å²) in [5, 5.41) is 4.55. The van der Waals surface area contributed by atoms with Crippen LogP contribution in [0.2, 0.25) is 0 Å². The van der Waals surface area contributed by atoms with Gasteiger partial charge >= 0.3 is 6.03 Å². The lowest BCUT2D eigenvalue weighted by molar-refractivity contribution is -0.119. The minimum Gasteiger partial charge on any atom is -0.370 e. The van der Waals surface area contributed by atoms with Crippen LogP contribution in [0.25, 0.3) is 0 Å². The van der Waals surface area contributed by atoms with Crippen molar-refractivity contribution in [2.24, 2.45) is 5.73 Å². The summed E-state index contributed by atoms with van der Waals surface area (Å²) in [7, 11) is 0. The Kier molecular flexibility index (Phi) is 5.81. The van der Waals surface area contributed by atoms with Gasteiger partial charge in [0.1, 0.15) is 0 Å². The molecule has 0 aromatic carbocycles. The SMILES string of the molecule is CC(C)(CC(N)=O)NC(=O)NC(=O)CCCl. The van der Waals surface area contributed by atoms with Gasteiger partial charge in [0, 0.05) is 24.3 Å². The van der Waals surface area contributed by atoms with Crippen molar-refractivity contribution < 1.29 is 14.4 Å². The molecular weight excluding hydrogens is 234 g/mol. The molecule has 0 heterocycles. The Hall–Kier alpha value is -1.30. The molecule has 0 fully saturated rings. The summed E-state index contributed by atoms with van der Waals surface area (Å²) in [4.78, 5) is 33.0. The van der Waals surface area contributed by atoms with Crippen LogP contribution in [0.3, 0.4) is 0 Å². The predicted octanol–water partition coefficient (Wildman–Crippen LogP) is 0.0951. The summed E-state index contributed by atoms with van der Waals surface area (Å²) in [6.45, 7) is 3.26. The van der Waals surface area contributed by atoms with E-state index in [2.05, 4.69) is 10.6 Å². The molecule has 0 aliphatic carbocycles. The highest BCUT2D eigenvalue weighted by atomic mass is 35.5. The van der Waals surface area contributed by atoms with Gasteiger partial charge in [-0.15, -0.1) is 11.6 Å². The monoisotopic (exact) mass is 249 g/mol. The number of alkyl halides is 1. The molecule has 0 rings (SSSR count). The maximum atomic E-state index is 11.3. The van der Waals surface area contributed by atoms with Crippen LogP contribution in [-0.2, 0) is 9.59 Å². The molecule has 0 aliphatic heterocycles. The number of nitrogens with two attached hydrogens (primary N) is 1. The second-order valence-electron chi connectivity index (χ2n) is 3.97. The lowest BCUT2D eigenvalue weighted by Crippen LogP contribution is -2.51. The number of carbonyl (C=O) groups excluding carboxylic acids is 3. The summed E-state index contributed by atoms with van der Waals surface area (Å²) in [5.74, 6) is -0.858.